The number of aliphatic hydroxyl groups is 1. The van der Waals surface area contributed by atoms with Crippen LogP contribution < -0.4 is 0 Å². The Labute approximate surface area is 139 Å². The summed E-state index contributed by atoms with van der Waals surface area (Å²) < 4.78 is 0. The first-order valence-corrected chi connectivity index (χ1v) is 9.30. The molecule has 4 rings (SSSR count). The largest absolute Gasteiger partial charge is 0.481 e. The fourth-order valence-electron chi connectivity index (χ4n) is 7.61. The molecule has 3 nitrogen and oxygen atoms in total. The molecule has 0 aromatic heterocycles. The SMILES string of the molecule is C=C1C[C@]23CC[C@@H]4[C@@](C)(CCC[C@]4(C)C(=O)O)[C@H]2CC[C@@]1(O)C3. The summed E-state index contributed by atoms with van der Waals surface area (Å²) in [5.74, 6) is 0.219. The van der Waals surface area contributed by atoms with E-state index in [4.69, 9.17) is 0 Å². The topological polar surface area (TPSA) is 57.5 Å². The molecule has 0 amide bonds. The van der Waals surface area contributed by atoms with E-state index < -0.39 is 17.0 Å². The van der Waals surface area contributed by atoms with E-state index in [2.05, 4.69) is 13.5 Å². The van der Waals surface area contributed by atoms with E-state index in [1.807, 2.05) is 6.92 Å². The van der Waals surface area contributed by atoms with Crippen LogP contribution in [-0.4, -0.2) is 21.8 Å². The van der Waals surface area contributed by atoms with Crippen LogP contribution in [-0.2, 0) is 4.79 Å². The smallest absolute Gasteiger partial charge is 0.309 e. The third-order valence-corrected chi connectivity index (χ3v) is 8.65. The number of fused-ring (bicyclic) bond motifs is 3. The van der Waals surface area contributed by atoms with Gasteiger partial charge in [0.25, 0.3) is 0 Å². The predicted molar refractivity (Wildman–Crippen MR) is 88.9 cm³/mol. The van der Waals surface area contributed by atoms with Gasteiger partial charge < -0.3 is 10.2 Å². The molecule has 1 spiro atoms. The summed E-state index contributed by atoms with van der Waals surface area (Å²) in [6.07, 6.45) is 8.75. The van der Waals surface area contributed by atoms with Crippen molar-refractivity contribution >= 4 is 5.97 Å². The summed E-state index contributed by atoms with van der Waals surface area (Å²) in [5.41, 5.74) is 0.128. The highest BCUT2D eigenvalue weighted by Crippen LogP contribution is 2.72. The molecule has 4 aliphatic rings. The number of carboxylic acid groups (broad SMARTS) is 1. The standard InChI is InChI=1S/C20H30O3/c1-13-11-19-9-5-14-17(2,7-4-8-18(14,3)16(21)22)15(19)6-10-20(13,23)12-19/h14-15,23H,1,4-12H2,2-3H3,(H,21,22)/t14-,15-,17-,18+,19+,20-/m1/s1. The second-order valence-electron chi connectivity index (χ2n) is 9.62. The molecule has 0 aromatic carbocycles. The van der Waals surface area contributed by atoms with Crippen molar-refractivity contribution in [2.24, 2.45) is 28.1 Å². The summed E-state index contributed by atoms with van der Waals surface area (Å²) in [6, 6.07) is 0. The molecule has 0 aromatic rings. The average molecular weight is 318 g/mol. The fraction of sp³-hybridized carbons (Fsp3) is 0.850. The Morgan fingerprint density at radius 1 is 1.13 bits per heavy atom. The molecule has 6 atom stereocenters. The maximum absolute atomic E-state index is 12.0. The molecule has 0 saturated heterocycles. The highest BCUT2D eigenvalue weighted by Gasteiger charge is 2.67. The normalized spacial score (nSPS) is 55.2. The van der Waals surface area contributed by atoms with Gasteiger partial charge in [-0.3, -0.25) is 4.79 Å². The molecule has 4 aliphatic carbocycles. The molecule has 23 heavy (non-hydrogen) atoms. The van der Waals surface area contributed by atoms with Crippen molar-refractivity contribution in [3.8, 4) is 0 Å². The first-order valence-electron chi connectivity index (χ1n) is 9.30. The quantitative estimate of drug-likeness (QED) is 0.714. The molecule has 2 N–H and O–H groups in total. The first kappa shape index (κ1) is 15.7. The summed E-state index contributed by atoms with van der Waals surface area (Å²) in [7, 11) is 0. The van der Waals surface area contributed by atoms with Crippen LogP contribution in [0.3, 0.4) is 0 Å². The van der Waals surface area contributed by atoms with Crippen LogP contribution in [0.2, 0.25) is 0 Å². The third-order valence-electron chi connectivity index (χ3n) is 8.65. The minimum atomic E-state index is -0.634. The van der Waals surface area contributed by atoms with E-state index in [0.29, 0.717) is 5.92 Å². The van der Waals surface area contributed by atoms with Crippen molar-refractivity contribution in [1.29, 1.82) is 0 Å². The van der Waals surface area contributed by atoms with E-state index in [0.717, 1.165) is 63.4 Å². The van der Waals surface area contributed by atoms with Crippen molar-refractivity contribution in [1.82, 2.24) is 0 Å². The van der Waals surface area contributed by atoms with Gasteiger partial charge in [-0.05, 0) is 86.5 Å². The van der Waals surface area contributed by atoms with Crippen LogP contribution in [0.4, 0.5) is 0 Å². The molecule has 3 heteroatoms. The Bertz CT molecular complexity index is 583. The van der Waals surface area contributed by atoms with Gasteiger partial charge in [-0.1, -0.05) is 19.9 Å². The Balaban J connectivity index is 1.76. The van der Waals surface area contributed by atoms with Crippen LogP contribution in [0.5, 0.6) is 0 Å². The van der Waals surface area contributed by atoms with Gasteiger partial charge in [0.15, 0.2) is 0 Å². The lowest BCUT2D eigenvalue weighted by Gasteiger charge is -2.63. The fourth-order valence-corrected chi connectivity index (χ4v) is 7.61. The zero-order valence-electron chi connectivity index (χ0n) is 14.5. The maximum atomic E-state index is 12.0. The van der Waals surface area contributed by atoms with Gasteiger partial charge in [-0.2, -0.15) is 0 Å². The summed E-state index contributed by atoms with van der Waals surface area (Å²) in [6.45, 7) is 8.55. The van der Waals surface area contributed by atoms with Crippen molar-refractivity contribution in [3.05, 3.63) is 12.2 Å². The van der Waals surface area contributed by atoms with Crippen molar-refractivity contribution < 1.29 is 15.0 Å². The van der Waals surface area contributed by atoms with E-state index in [-0.39, 0.29) is 16.7 Å². The molecule has 0 aliphatic heterocycles. The van der Waals surface area contributed by atoms with E-state index in [1.54, 1.807) is 0 Å². The number of aliphatic carboxylic acids is 1. The molecular weight excluding hydrogens is 288 g/mol. The summed E-state index contributed by atoms with van der Waals surface area (Å²) in [4.78, 5) is 12.0. The lowest BCUT2D eigenvalue weighted by molar-refractivity contribution is -0.186. The van der Waals surface area contributed by atoms with Gasteiger partial charge >= 0.3 is 5.97 Å². The highest BCUT2D eigenvalue weighted by molar-refractivity contribution is 5.75. The minimum absolute atomic E-state index is 0.107. The lowest BCUT2D eigenvalue weighted by atomic mass is 9.41. The van der Waals surface area contributed by atoms with Gasteiger partial charge in [0.2, 0.25) is 0 Å². The van der Waals surface area contributed by atoms with Crippen LogP contribution >= 0.6 is 0 Å². The molecule has 4 fully saturated rings. The van der Waals surface area contributed by atoms with Crippen LogP contribution in [0, 0.1) is 28.1 Å². The van der Waals surface area contributed by atoms with E-state index in [9.17, 15) is 15.0 Å². The Hall–Kier alpha value is -0.830. The zero-order valence-corrected chi connectivity index (χ0v) is 14.5. The molecule has 0 unspecified atom stereocenters. The maximum Gasteiger partial charge on any atom is 0.309 e. The summed E-state index contributed by atoms with van der Waals surface area (Å²) in [5, 5.41) is 20.8. The number of carboxylic acids is 1. The molecule has 0 radical (unpaired) electrons. The number of carbonyl (C=O) groups is 1. The Kier molecular flexibility index (Phi) is 3.01. The number of rotatable bonds is 1. The molecule has 0 heterocycles. The van der Waals surface area contributed by atoms with Gasteiger partial charge in [0, 0.05) is 0 Å². The third kappa shape index (κ3) is 1.78. The molecule has 2 bridgehead atoms. The molecule has 4 saturated carbocycles. The Morgan fingerprint density at radius 2 is 1.83 bits per heavy atom. The Morgan fingerprint density at radius 3 is 2.52 bits per heavy atom. The van der Waals surface area contributed by atoms with Crippen molar-refractivity contribution in [2.45, 2.75) is 77.2 Å². The van der Waals surface area contributed by atoms with Crippen LogP contribution in [0.25, 0.3) is 0 Å². The average Bonchev–Trinajstić information content (AvgIpc) is 2.63. The van der Waals surface area contributed by atoms with Crippen LogP contribution in [0.15, 0.2) is 12.2 Å². The summed E-state index contributed by atoms with van der Waals surface area (Å²) >= 11 is 0. The predicted octanol–water partition coefficient (Wildman–Crippen LogP) is 4.16. The van der Waals surface area contributed by atoms with Gasteiger partial charge in [-0.25, -0.2) is 0 Å². The van der Waals surface area contributed by atoms with Crippen molar-refractivity contribution in [2.75, 3.05) is 0 Å². The van der Waals surface area contributed by atoms with E-state index >= 15 is 0 Å². The van der Waals surface area contributed by atoms with Gasteiger partial charge in [0.05, 0.1) is 11.0 Å². The molecule has 128 valence electrons. The number of hydrogen-bond acceptors (Lipinski definition) is 2. The second-order valence-corrected chi connectivity index (χ2v) is 9.62. The van der Waals surface area contributed by atoms with E-state index in [1.165, 1.54) is 0 Å². The van der Waals surface area contributed by atoms with Crippen LogP contribution in [0.1, 0.15) is 71.6 Å². The van der Waals surface area contributed by atoms with Gasteiger partial charge in [0.1, 0.15) is 0 Å². The molecular formula is C20H30O3. The van der Waals surface area contributed by atoms with Crippen molar-refractivity contribution in [3.63, 3.8) is 0 Å². The first-order chi connectivity index (χ1) is 10.7. The highest BCUT2D eigenvalue weighted by atomic mass is 16.4. The second kappa shape index (κ2) is 4.41. The zero-order chi connectivity index (χ0) is 16.7. The monoisotopic (exact) mass is 318 g/mol. The minimum Gasteiger partial charge on any atom is -0.481 e. The lowest BCUT2D eigenvalue weighted by Crippen LogP contribution is -2.59. The van der Waals surface area contributed by atoms with Gasteiger partial charge in [-0.15, -0.1) is 0 Å². The number of hydrogen-bond donors (Lipinski definition) is 2.